The third-order valence-corrected chi connectivity index (χ3v) is 5.84. The molecule has 0 unspecified atom stereocenters. The summed E-state index contributed by atoms with van der Waals surface area (Å²) in [5.41, 5.74) is 2.28. The Labute approximate surface area is 179 Å². The first-order valence-electron chi connectivity index (χ1n) is 9.91. The molecule has 0 saturated heterocycles. The number of hydrogen-bond donors (Lipinski definition) is 2. The van der Waals surface area contributed by atoms with E-state index in [0.717, 1.165) is 35.4 Å². The van der Waals surface area contributed by atoms with Crippen molar-refractivity contribution in [3.05, 3.63) is 39.9 Å². The molecule has 1 aliphatic rings. The van der Waals surface area contributed by atoms with Crippen LogP contribution in [0.3, 0.4) is 0 Å². The van der Waals surface area contributed by atoms with Crippen molar-refractivity contribution in [2.24, 2.45) is 0 Å². The van der Waals surface area contributed by atoms with E-state index in [9.17, 15) is 14.4 Å². The van der Waals surface area contributed by atoms with Gasteiger partial charge in [0.2, 0.25) is 11.8 Å². The summed E-state index contributed by atoms with van der Waals surface area (Å²) in [6, 6.07) is 5.37. The summed E-state index contributed by atoms with van der Waals surface area (Å²) < 4.78 is 5.18. The maximum absolute atomic E-state index is 12.5. The number of anilines is 2. The van der Waals surface area contributed by atoms with Crippen molar-refractivity contribution in [2.75, 3.05) is 37.4 Å². The lowest BCUT2D eigenvalue weighted by Crippen LogP contribution is -2.36. The van der Waals surface area contributed by atoms with Gasteiger partial charge in [0, 0.05) is 10.6 Å². The molecule has 2 aromatic heterocycles. The van der Waals surface area contributed by atoms with Crippen LogP contribution in [-0.2, 0) is 27.2 Å². The Morgan fingerprint density at radius 3 is 2.60 bits per heavy atom. The molecule has 2 amide bonds. The highest BCUT2D eigenvalue weighted by atomic mass is 32.1. The van der Waals surface area contributed by atoms with Gasteiger partial charge in [0.05, 0.1) is 25.3 Å². The first kappa shape index (κ1) is 21.9. The Hall–Kier alpha value is -2.78. The molecule has 2 N–H and O–H groups in total. The smallest absolute Gasteiger partial charge is 0.341 e. The van der Waals surface area contributed by atoms with Crippen LogP contribution in [0, 0.1) is 6.92 Å². The molecule has 2 heterocycles. The maximum Gasteiger partial charge on any atom is 0.341 e. The number of hydrogen-bond acceptors (Lipinski definition) is 7. The monoisotopic (exact) mass is 430 g/mol. The van der Waals surface area contributed by atoms with Crippen LogP contribution in [-0.4, -0.2) is 54.4 Å². The van der Waals surface area contributed by atoms with Crippen LogP contribution in [0.1, 0.15) is 39.8 Å². The van der Waals surface area contributed by atoms with Gasteiger partial charge in [-0.3, -0.25) is 14.5 Å². The molecule has 0 fully saturated rings. The number of aryl methyl sites for hydroxylation is 2. The summed E-state index contributed by atoms with van der Waals surface area (Å²) in [6.45, 7) is 3.94. The quantitative estimate of drug-likeness (QED) is 0.625. The number of ether oxygens (including phenoxy) is 1. The van der Waals surface area contributed by atoms with E-state index in [1.165, 1.54) is 11.3 Å². The highest BCUT2D eigenvalue weighted by Gasteiger charge is 2.28. The maximum atomic E-state index is 12.5. The molecular weight excluding hydrogens is 404 g/mol. The van der Waals surface area contributed by atoms with Crippen LogP contribution in [0.2, 0.25) is 0 Å². The summed E-state index contributed by atoms with van der Waals surface area (Å²) in [7, 11) is 1.68. The Morgan fingerprint density at radius 2 is 1.90 bits per heavy atom. The average Bonchev–Trinajstić information content (AvgIpc) is 3.21. The number of thiophene rings is 1. The second kappa shape index (κ2) is 9.82. The van der Waals surface area contributed by atoms with E-state index in [0.29, 0.717) is 16.4 Å². The van der Waals surface area contributed by atoms with E-state index in [-0.39, 0.29) is 31.5 Å². The lowest BCUT2D eigenvalue weighted by Gasteiger charge is -2.16. The lowest BCUT2D eigenvalue weighted by atomic mass is 10.1. The Bertz CT molecular complexity index is 956. The zero-order chi connectivity index (χ0) is 21.7. The Balaban J connectivity index is 1.57. The number of carbonyl (C=O) groups excluding carboxylic acids is 3. The van der Waals surface area contributed by atoms with Crippen molar-refractivity contribution in [2.45, 2.75) is 33.1 Å². The molecule has 2 aromatic rings. The van der Waals surface area contributed by atoms with Crippen LogP contribution in [0.4, 0.5) is 10.8 Å². The first-order chi connectivity index (χ1) is 14.4. The first-order valence-corrected chi connectivity index (χ1v) is 10.7. The molecule has 0 spiro atoms. The van der Waals surface area contributed by atoms with Gasteiger partial charge in [-0.15, -0.1) is 11.3 Å². The van der Waals surface area contributed by atoms with E-state index in [1.54, 1.807) is 24.9 Å². The van der Waals surface area contributed by atoms with Crippen molar-refractivity contribution in [3.8, 4) is 0 Å². The molecule has 3 rings (SSSR count). The molecule has 9 heteroatoms. The lowest BCUT2D eigenvalue weighted by molar-refractivity contribution is -0.119. The van der Waals surface area contributed by atoms with E-state index >= 15 is 0 Å². The fraction of sp³-hybridized carbons (Fsp3) is 0.429. The number of fused-ring (bicyclic) bond motifs is 1. The second-order valence-electron chi connectivity index (χ2n) is 7.21. The molecule has 0 aromatic carbocycles. The normalized spacial score (nSPS) is 12.5. The van der Waals surface area contributed by atoms with Gasteiger partial charge in [0.1, 0.15) is 10.8 Å². The van der Waals surface area contributed by atoms with Crippen LogP contribution < -0.4 is 10.6 Å². The minimum atomic E-state index is -0.398. The summed E-state index contributed by atoms with van der Waals surface area (Å²) in [5.74, 6) is -0.467. The third kappa shape index (κ3) is 5.43. The van der Waals surface area contributed by atoms with Gasteiger partial charge in [-0.25, -0.2) is 9.78 Å². The van der Waals surface area contributed by atoms with Gasteiger partial charge in [0.15, 0.2) is 0 Å². The molecule has 0 atom stereocenters. The average molecular weight is 431 g/mol. The number of pyridine rings is 1. The van der Waals surface area contributed by atoms with Gasteiger partial charge >= 0.3 is 5.97 Å². The van der Waals surface area contributed by atoms with Crippen LogP contribution in [0.25, 0.3) is 0 Å². The number of esters is 1. The number of aromatic nitrogens is 1. The number of nitrogens with zero attached hydrogens (tertiary/aromatic N) is 2. The number of likely N-dealkylation sites (N-methyl/N-ethyl adjacent to an activating group) is 1. The standard InChI is InChI=1S/C21H26N4O4S/c1-4-29-21(28)19-14-8-6-9-15(14)30-20(19)24-18(27)12-25(3)11-17(26)23-16-10-5-7-13(2)22-16/h5,7,10H,4,6,8-9,11-12H2,1-3H3,(H,24,27)(H,22,23,26). The largest absolute Gasteiger partial charge is 0.462 e. The van der Waals surface area contributed by atoms with Gasteiger partial charge in [-0.05, 0) is 57.9 Å². The van der Waals surface area contributed by atoms with Crippen LogP contribution >= 0.6 is 11.3 Å². The zero-order valence-electron chi connectivity index (χ0n) is 17.4. The highest BCUT2D eigenvalue weighted by molar-refractivity contribution is 7.17. The fourth-order valence-corrected chi connectivity index (χ4v) is 4.71. The minimum Gasteiger partial charge on any atom is -0.462 e. The van der Waals surface area contributed by atoms with Crippen molar-refractivity contribution in [1.29, 1.82) is 0 Å². The molecule has 0 saturated carbocycles. The number of carbonyl (C=O) groups is 3. The van der Waals surface area contributed by atoms with Crippen LogP contribution in [0.15, 0.2) is 18.2 Å². The molecule has 0 aliphatic heterocycles. The molecule has 8 nitrogen and oxygen atoms in total. The summed E-state index contributed by atoms with van der Waals surface area (Å²) in [4.78, 5) is 44.1. The van der Waals surface area contributed by atoms with Gasteiger partial charge in [-0.2, -0.15) is 0 Å². The molecule has 160 valence electrons. The predicted octanol–water partition coefficient (Wildman–Crippen LogP) is 2.63. The molecule has 30 heavy (non-hydrogen) atoms. The van der Waals surface area contributed by atoms with Gasteiger partial charge in [-0.1, -0.05) is 6.07 Å². The third-order valence-electron chi connectivity index (χ3n) is 4.64. The summed E-state index contributed by atoms with van der Waals surface area (Å²) in [6.07, 6.45) is 2.74. The van der Waals surface area contributed by atoms with Crippen molar-refractivity contribution in [1.82, 2.24) is 9.88 Å². The van der Waals surface area contributed by atoms with E-state index in [1.807, 2.05) is 19.1 Å². The van der Waals surface area contributed by atoms with Gasteiger partial charge in [0.25, 0.3) is 0 Å². The van der Waals surface area contributed by atoms with Crippen molar-refractivity contribution >= 4 is 39.9 Å². The zero-order valence-corrected chi connectivity index (χ0v) is 18.2. The molecule has 0 radical (unpaired) electrons. The number of rotatable bonds is 8. The number of nitrogens with one attached hydrogen (secondary N) is 2. The van der Waals surface area contributed by atoms with E-state index < -0.39 is 5.97 Å². The second-order valence-corrected chi connectivity index (χ2v) is 8.32. The number of amides is 2. The van der Waals surface area contributed by atoms with Crippen molar-refractivity contribution < 1.29 is 19.1 Å². The summed E-state index contributed by atoms with van der Waals surface area (Å²) in [5, 5.41) is 6.08. The van der Waals surface area contributed by atoms with Crippen LogP contribution in [0.5, 0.6) is 0 Å². The Morgan fingerprint density at radius 1 is 1.17 bits per heavy atom. The highest BCUT2D eigenvalue weighted by Crippen LogP contribution is 2.39. The fourth-order valence-electron chi connectivity index (χ4n) is 3.42. The molecule has 1 aliphatic carbocycles. The predicted molar refractivity (Wildman–Crippen MR) is 116 cm³/mol. The SMILES string of the molecule is CCOC(=O)c1c(NC(=O)CN(C)CC(=O)Nc2cccc(C)n2)sc2c1CCC2. The van der Waals surface area contributed by atoms with E-state index in [2.05, 4.69) is 15.6 Å². The molecular formula is C21H26N4O4S. The van der Waals surface area contributed by atoms with Crippen molar-refractivity contribution in [3.63, 3.8) is 0 Å². The topological polar surface area (TPSA) is 101 Å². The Kier molecular flexibility index (Phi) is 7.17. The minimum absolute atomic E-state index is 0.0134. The van der Waals surface area contributed by atoms with Gasteiger partial charge < -0.3 is 15.4 Å². The summed E-state index contributed by atoms with van der Waals surface area (Å²) >= 11 is 1.44. The molecule has 0 bridgehead atoms. The van der Waals surface area contributed by atoms with E-state index in [4.69, 9.17) is 4.74 Å².